The number of rotatable bonds is 6. The summed E-state index contributed by atoms with van der Waals surface area (Å²) >= 11 is 0. The first-order chi connectivity index (χ1) is 13.8. The van der Waals surface area contributed by atoms with Gasteiger partial charge in [0.05, 0.1) is 17.6 Å². The maximum Gasteiger partial charge on any atom is 0.326 e. The zero-order valence-electron chi connectivity index (χ0n) is 15.8. The first-order valence-corrected chi connectivity index (χ1v) is 10.0. The number of esters is 1. The number of sulfonamides is 1. The number of ether oxygens (including phenoxy) is 2. The molecule has 0 aliphatic rings. The number of benzene rings is 3. The van der Waals surface area contributed by atoms with Crippen LogP contribution in [0.15, 0.2) is 65.6 Å². The maximum atomic E-state index is 12.7. The highest BCUT2D eigenvalue weighted by atomic mass is 32.2. The van der Waals surface area contributed by atoms with Crippen LogP contribution in [-0.2, 0) is 14.8 Å². The minimum Gasteiger partial charge on any atom is -0.497 e. The SMILES string of the molecule is COc1ccc2ccc(OC(=O)CN(C)S(=O)(=O)c3ccccc3C#N)cc2c1. The fraction of sp³-hybridized carbons (Fsp3) is 0.143. The van der Waals surface area contributed by atoms with E-state index < -0.39 is 22.5 Å². The minimum absolute atomic E-state index is 0.0104. The van der Waals surface area contributed by atoms with Crippen molar-refractivity contribution < 1.29 is 22.7 Å². The van der Waals surface area contributed by atoms with Crippen molar-refractivity contribution in [3.05, 3.63) is 66.2 Å². The predicted octanol–water partition coefficient (Wildman–Crippen LogP) is 2.95. The number of nitrogens with zero attached hydrogens (tertiary/aromatic N) is 2. The quantitative estimate of drug-likeness (QED) is 0.458. The lowest BCUT2D eigenvalue weighted by molar-refractivity contribution is -0.134. The molecule has 0 saturated heterocycles. The summed E-state index contributed by atoms with van der Waals surface area (Å²) in [7, 11) is -1.20. The Kier molecular flexibility index (Phi) is 5.82. The first-order valence-electron chi connectivity index (χ1n) is 8.59. The summed E-state index contributed by atoms with van der Waals surface area (Å²) in [5.74, 6) is 0.217. The second-order valence-corrected chi connectivity index (χ2v) is 8.23. The van der Waals surface area contributed by atoms with E-state index in [-0.39, 0.29) is 10.5 Å². The Morgan fingerprint density at radius 3 is 2.38 bits per heavy atom. The lowest BCUT2D eigenvalue weighted by Crippen LogP contribution is -2.34. The number of hydrogen-bond donors (Lipinski definition) is 0. The summed E-state index contributed by atoms with van der Waals surface area (Å²) in [6.07, 6.45) is 0. The van der Waals surface area contributed by atoms with Gasteiger partial charge in [-0.05, 0) is 47.2 Å². The van der Waals surface area contributed by atoms with Crippen LogP contribution in [0.1, 0.15) is 5.56 Å². The summed E-state index contributed by atoms with van der Waals surface area (Å²) in [5, 5.41) is 10.9. The van der Waals surface area contributed by atoms with Crippen molar-refractivity contribution in [2.45, 2.75) is 4.90 Å². The van der Waals surface area contributed by atoms with Crippen LogP contribution in [0.5, 0.6) is 11.5 Å². The molecule has 7 nitrogen and oxygen atoms in total. The Bertz CT molecular complexity index is 1220. The minimum atomic E-state index is -4.02. The van der Waals surface area contributed by atoms with Crippen LogP contribution in [0.25, 0.3) is 10.8 Å². The van der Waals surface area contributed by atoms with E-state index in [9.17, 15) is 13.2 Å². The molecule has 0 amide bonds. The van der Waals surface area contributed by atoms with Crippen molar-refractivity contribution >= 4 is 26.8 Å². The van der Waals surface area contributed by atoms with E-state index in [1.54, 1.807) is 31.4 Å². The fourth-order valence-electron chi connectivity index (χ4n) is 2.78. The molecule has 8 heteroatoms. The van der Waals surface area contributed by atoms with E-state index in [4.69, 9.17) is 14.7 Å². The highest BCUT2D eigenvalue weighted by Gasteiger charge is 2.26. The number of hydrogen-bond acceptors (Lipinski definition) is 6. The zero-order chi connectivity index (χ0) is 21.0. The molecule has 0 aliphatic heterocycles. The summed E-state index contributed by atoms with van der Waals surface area (Å²) in [6.45, 7) is -0.502. The second-order valence-electron chi connectivity index (χ2n) is 6.22. The monoisotopic (exact) mass is 410 g/mol. The van der Waals surface area contributed by atoms with Gasteiger partial charge >= 0.3 is 5.97 Å². The summed E-state index contributed by atoms with van der Waals surface area (Å²) in [6, 6.07) is 18.3. The molecular weight excluding hydrogens is 392 g/mol. The number of fused-ring (bicyclic) bond motifs is 1. The number of nitriles is 1. The van der Waals surface area contributed by atoms with Gasteiger partial charge in [-0.1, -0.05) is 24.3 Å². The van der Waals surface area contributed by atoms with Crippen LogP contribution in [0.2, 0.25) is 0 Å². The molecule has 0 saturated carbocycles. The van der Waals surface area contributed by atoms with E-state index in [1.807, 2.05) is 24.3 Å². The van der Waals surface area contributed by atoms with Gasteiger partial charge in [-0.25, -0.2) is 8.42 Å². The van der Waals surface area contributed by atoms with Gasteiger partial charge in [0.2, 0.25) is 10.0 Å². The van der Waals surface area contributed by atoms with Gasteiger partial charge in [0, 0.05) is 7.05 Å². The van der Waals surface area contributed by atoms with E-state index >= 15 is 0 Å². The molecule has 0 unspecified atom stereocenters. The second kappa shape index (κ2) is 8.31. The first kappa shape index (κ1) is 20.3. The fourth-order valence-corrected chi connectivity index (χ4v) is 4.03. The Morgan fingerprint density at radius 2 is 1.69 bits per heavy atom. The third-order valence-electron chi connectivity index (χ3n) is 4.30. The van der Waals surface area contributed by atoms with Crippen molar-refractivity contribution in [3.63, 3.8) is 0 Å². The molecule has 29 heavy (non-hydrogen) atoms. The van der Waals surface area contributed by atoms with Crippen molar-refractivity contribution in [1.29, 1.82) is 5.26 Å². The Balaban J connectivity index is 1.76. The van der Waals surface area contributed by atoms with E-state index in [0.717, 1.165) is 15.1 Å². The van der Waals surface area contributed by atoms with Crippen molar-refractivity contribution in [1.82, 2.24) is 4.31 Å². The predicted molar refractivity (Wildman–Crippen MR) is 107 cm³/mol. The molecule has 0 aromatic heterocycles. The number of carbonyl (C=O) groups is 1. The van der Waals surface area contributed by atoms with E-state index in [2.05, 4.69) is 0 Å². The van der Waals surface area contributed by atoms with E-state index in [1.165, 1.54) is 25.2 Å². The third-order valence-corrected chi connectivity index (χ3v) is 6.16. The van der Waals surface area contributed by atoms with Gasteiger partial charge in [0.1, 0.15) is 24.1 Å². The smallest absolute Gasteiger partial charge is 0.326 e. The average molecular weight is 410 g/mol. The van der Waals surface area contributed by atoms with Crippen LogP contribution in [-0.4, -0.2) is 39.4 Å². The van der Waals surface area contributed by atoms with Gasteiger partial charge in [0.25, 0.3) is 0 Å². The van der Waals surface area contributed by atoms with Gasteiger partial charge in [0.15, 0.2) is 0 Å². The average Bonchev–Trinajstić information content (AvgIpc) is 2.72. The zero-order valence-corrected chi connectivity index (χ0v) is 16.6. The largest absolute Gasteiger partial charge is 0.497 e. The Hall–Kier alpha value is -3.41. The van der Waals surface area contributed by atoms with Crippen LogP contribution in [0, 0.1) is 11.3 Å². The topological polar surface area (TPSA) is 96.7 Å². The standard InChI is InChI=1S/C21H18N2O5S/c1-23(29(25,26)20-6-4-3-5-16(20)13-22)14-21(24)28-19-10-8-15-7-9-18(27-2)11-17(15)12-19/h3-12H,14H2,1-2H3. The van der Waals surface area contributed by atoms with Gasteiger partial charge in [-0.3, -0.25) is 4.79 Å². The lowest BCUT2D eigenvalue weighted by Gasteiger charge is -2.17. The third kappa shape index (κ3) is 4.37. The summed E-state index contributed by atoms with van der Waals surface area (Å²) in [5.41, 5.74) is 0.0104. The van der Waals surface area contributed by atoms with Crippen LogP contribution in [0.3, 0.4) is 0 Å². The van der Waals surface area contributed by atoms with E-state index in [0.29, 0.717) is 11.5 Å². The maximum absolute atomic E-state index is 12.7. The van der Waals surface area contributed by atoms with Gasteiger partial charge < -0.3 is 9.47 Å². The van der Waals surface area contributed by atoms with Crippen LogP contribution >= 0.6 is 0 Å². The normalized spacial score (nSPS) is 11.2. The molecule has 3 rings (SSSR count). The van der Waals surface area contributed by atoms with Gasteiger partial charge in [-0.15, -0.1) is 0 Å². The van der Waals surface area contributed by atoms with Crippen molar-refractivity contribution in [2.75, 3.05) is 20.7 Å². The van der Waals surface area contributed by atoms with Crippen molar-refractivity contribution in [3.8, 4) is 17.6 Å². The van der Waals surface area contributed by atoms with Gasteiger partial charge in [-0.2, -0.15) is 9.57 Å². The summed E-state index contributed by atoms with van der Waals surface area (Å²) in [4.78, 5) is 12.1. The lowest BCUT2D eigenvalue weighted by atomic mass is 10.1. The molecule has 0 heterocycles. The number of likely N-dealkylation sites (N-methyl/N-ethyl adjacent to an activating group) is 1. The molecule has 0 atom stereocenters. The molecule has 0 spiro atoms. The highest BCUT2D eigenvalue weighted by Crippen LogP contribution is 2.25. The molecule has 0 radical (unpaired) electrons. The number of methoxy groups -OCH3 is 1. The van der Waals surface area contributed by atoms with Crippen LogP contribution < -0.4 is 9.47 Å². The molecule has 148 valence electrons. The van der Waals surface area contributed by atoms with Crippen molar-refractivity contribution in [2.24, 2.45) is 0 Å². The molecule has 3 aromatic rings. The summed E-state index contributed by atoms with van der Waals surface area (Å²) < 4.78 is 36.7. The molecule has 0 aliphatic carbocycles. The molecule has 0 bridgehead atoms. The highest BCUT2D eigenvalue weighted by molar-refractivity contribution is 7.89. The Morgan fingerprint density at radius 1 is 1.03 bits per heavy atom. The number of carbonyl (C=O) groups excluding carboxylic acids is 1. The molecule has 3 aromatic carbocycles. The van der Waals surface area contributed by atoms with Crippen LogP contribution in [0.4, 0.5) is 0 Å². The molecule has 0 fully saturated rings. The molecular formula is C21H18N2O5S. The molecule has 0 N–H and O–H groups in total. The Labute approximate surface area is 168 Å².